The van der Waals surface area contributed by atoms with E-state index in [-0.39, 0.29) is 11.5 Å². The van der Waals surface area contributed by atoms with Crippen molar-refractivity contribution in [2.75, 3.05) is 0 Å². The predicted molar refractivity (Wildman–Crippen MR) is 232 cm³/mol. The Labute approximate surface area is 310 Å². The van der Waals surface area contributed by atoms with Crippen LogP contribution in [0.4, 0.5) is 5.69 Å². The van der Waals surface area contributed by atoms with Gasteiger partial charge >= 0.3 is 0 Å². The van der Waals surface area contributed by atoms with E-state index >= 15 is 0 Å². The second-order valence-electron chi connectivity index (χ2n) is 12.1. The van der Waals surface area contributed by atoms with Gasteiger partial charge in [-0.2, -0.15) is 0 Å². The van der Waals surface area contributed by atoms with Gasteiger partial charge in [0.05, 0.1) is 11.4 Å². The van der Waals surface area contributed by atoms with Crippen molar-refractivity contribution < 1.29 is 0 Å². The third kappa shape index (κ3) is 12.4. The lowest BCUT2D eigenvalue weighted by Gasteiger charge is -2.04. The largest absolute Gasteiger partial charge is 0.300 e. The highest BCUT2D eigenvalue weighted by atomic mass is 14.8. The summed E-state index contributed by atoms with van der Waals surface area (Å²) in [6, 6.07) is 20.3. The zero-order chi connectivity index (χ0) is 38.0. The van der Waals surface area contributed by atoms with Crippen LogP contribution >= 0.6 is 0 Å². The summed E-state index contributed by atoms with van der Waals surface area (Å²) in [5, 5.41) is 19.5. The summed E-state index contributed by atoms with van der Waals surface area (Å²) < 4.78 is 0. The van der Waals surface area contributed by atoms with Gasteiger partial charge in [-0.05, 0) is 107 Å². The summed E-state index contributed by atoms with van der Waals surface area (Å²) in [4.78, 5) is 8.69. The molecule has 0 bridgehead atoms. The standard InChI is InChI=1S/C48H48N4/c1-10-15-34(3)35(4)16-14-19-45(30-26-40-25-29-43-17-12-13-18-44(43)32-40)52-48(50)39(8)23-21-37(6)36(5)20-22-38(7)46(49)31-27-41-24-28-42(11-2)47(33-41)51-9/h10-18,20-33,49-50H,2,5-9,19H2,1,3-4H3/b15-10-,16-14-,22-20-,23-21-,30-26+,31-27-,35-34+,49-46?,50-48?,52-45?. The topological polar surface area (TPSA) is 72.4 Å². The number of benzene rings is 3. The molecule has 3 aromatic rings. The molecule has 2 N–H and O–H groups in total. The molecule has 0 aliphatic rings. The van der Waals surface area contributed by atoms with Gasteiger partial charge in [0.15, 0.2) is 5.84 Å². The van der Waals surface area contributed by atoms with Gasteiger partial charge in [0.1, 0.15) is 0 Å². The molecule has 0 fully saturated rings. The molecule has 0 saturated carbocycles. The van der Waals surface area contributed by atoms with E-state index in [1.54, 1.807) is 36.5 Å². The third-order valence-corrected chi connectivity index (χ3v) is 8.15. The molecule has 3 aromatic carbocycles. The van der Waals surface area contributed by atoms with Crippen molar-refractivity contribution in [2.24, 2.45) is 9.98 Å². The molecule has 0 aliphatic heterocycles. The molecule has 0 spiro atoms. The highest BCUT2D eigenvalue weighted by Crippen LogP contribution is 2.23. The molecule has 260 valence electrons. The van der Waals surface area contributed by atoms with E-state index in [0.717, 1.165) is 39.0 Å². The van der Waals surface area contributed by atoms with Gasteiger partial charge in [0.2, 0.25) is 0 Å². The average molecular weight is 681 g/mol. The summed E-state index contributed by atoms with van der Waals surface area (Å²) in [5.74, 6) is 0.0536. The summed E-state index contributed by atoms with van der Waals surface area (Å²) >= 11 is 0. The first kappa shape index (κ1) is 39.9. The maximum Gasteiger partial charge on any atom is 0.151 e. The van der Waals surface area contributed by atoms with Gasteiger partial charge in [-0.15, -0.1) is 0 Å². The maximum absolute atomic E-state index is 8.70. The quantitative estimate of drug-likeness (QED) is 0.0809. The molecule has 4 nitrogen and oxygen atoms in total. The number of rotatable bonds is 17. The molecule has 0 radical (unpaired) electrons. The number of fused-ring (bicyclic) bond motifs is 1. The highest BCUT2D eigenvalue weighted by Gasteiger charge is 2.03. The van der Waals surface area contributed by atoms with Gasteiger partial charge in [-0.1, -0.05) is 148 Å². The Bertz CT molecular complexity index is 2170. The van der Waals surface area contributed by atoms with E-state index in [1.807, 2.05) is 61.6 Å². The lowest BCUT2D eigenvalue weighted by atomic mass is 10.0. The van der Waals surface area contributed by atoms with Crippen LogP contribution in [-0.4, -0.2) is 24.0 Å². The molecule has 0 atom stereocenters. The van der Waals surface area contributed by atoms with Crippen LogP contribution in [0.5, 0.6) is 0 Å². The van der Waals surface area contributed by atoms with E-state index < -0.39 is 0 Å². The Kier molecular flexibility index (Phi) is 15.5. The van der Waals surface area contributed by atoms with Gasteiger partial charge in [-0.3, -0.25) is 10.4 Å². The Balaban J connectivity index is 1.69. The fraction of sp³-hybridized carbons (Fsp3) is 0.0833. The zero-order valence-corrected chi connectivity index (χ0v) is 30.6. The van der Waals surface area contributed by atoms with E-state index in [0.29, 0.717) is 28.7 Å². The number of nitrogens with one attached hydrogen (secondary N) is 2. The number of hydrogen-bond acceptors (Lipinski definition) is 3. The normalized spacial score (nSPS) is 12.8. The summed E-state index contributed by atoms with van der Waals surface area (Å²) in [6.45, 7) is 29.9. The molecule has 4 heteroatoms. The third-order valence-electron chi connectivity index (χ3n) is 8.15. The van der Waals surface area contributed by atoms with Crippen LogP contribution in [0.15, 0.2) is 198 Å². The zero-order valence-electron chi connectivity index (χ0n) is 30.6. The van der Waals surface area contributed by atoms with Crippen LogP contribution < -0.4 is 0 Å². The molecule has 3 rings (SSSR count). The van der Waals surface area contributed by atoms with Crippen molar-refractivity contribution in [1.29, 1.82) is 10.8 Å². The summed E-state index contributed by atoms with van der Waals surface area (Å²) in [7, 11) is 0. The Hall–Kier alpha value is -6.52. The molecule has 0 heterocycles. The number of allylic oxidation sites excluding steroid dienone is 14. The van der Waals surface area contributed by atoms with Crippen LogP contribution in [0.1, 0.15) is 43.9 Å². The van der Waals surface area contributed by atoms with Crippen molar-refractivity contribution in [2.45, 2.75) is 27.2 Å². The molecule has 0 saturated heterocycles. The molecule has 0 amide bonds. The smallest absolute Gasteiger partial charge is 0.151 e. The number of amidine groups is 1. The van der Waals surface area contributed by atoms with Crippen LogP contribution in [0.2, 0.25) is 0 Å². The molecule has 0 aromatic heterocycles. The van der Waals surface area contributed by atoms with E-state index in [1.165, 1.54) is 11.0 Å². The second kappa shape index (κ2) is 20.2. The first-order valence-electron chi connectivity index (χ1n) is 16.9. The van der Waals surface area contributed by atoms with Crippen molar-refractivity contribution in [3.8, 4) is 0 Å². The minimum atomic E-state index is 0.0536. The molecular formula is C48H48N4. The van der Waals surface area contributed by atoms with Crippen LogP contribution in [0.25, 0.3) is 29.0 Å². The minimum absolute atomic E-state index is 0.0536. The highest BCUT2D eigenvalue weighted by molar-refractivity contribution is 6.11. The lowest BCUT2D eigenvalue weighted by Crippen LogP contribution is -2.01. The fourth-order valence-corrected chi connectivity index (χ4v) is 4.79. The molecular weight excluding hydrogens is 633 g/mol. The maximum atomic E-state index is 8.70. The van der Waals surface area contributed by atoms with Gasteiger partial charge < -0.3 is 5.41 Å². The summed E-state index contributed by atoms with van der Waals surface area (Å²) in [6.07, 6.45) is 25.0. The Morgan fingerprint density at radius 3 is 1.94 bits per heavy atom. The average Bonchev–Trinajstić information content (AvgIpc) is 3.16. The van der Waals surface area contributed by atoms with Crippen LogP contribution in [0, 0.1) is 10.8 Å². The minimum Gasteiger partial charge on any atom is -0.300 e. The van der Waals surface area contributed by atoms with Crippen molar-refractivity contribution in [3.05, 3.63) is 204 Å². The number of hydrogen-bond donors (Lipinski definition) is 2. The molecule has 0 unspecified atom stereocenters. The Morgan fingerprint density at radius 1 is 0.673 bits per heavy atom. The first-order valence-corrected chi connectivity index (χ1v) is 16.9. The lowest BCUT2D eigenvalue weighted by molar-refractivity contribution is 1.34. The van der Waals surface area contributed by atoms with E-state index in [4.69, 9.17) is 10.8 Å². The van der Waals surface area contributed by atoms with Crippen molar-refractivity contribution in [1.82, 2.24) is 0 Å². The number of aliphatic imine (C=N–C) groups is 2. The monoisotopic (exact) mass is 680 g/mol. The first-order chi connectivity index (χ1) is 24.9. The predicted octanol–water partition coefficient (Wildman–Crippen LogP) is 13.2. The van der Waals surface area contributed by atoms with Gasteiger partial charge in [0, 0.05) is 17.7 Å². The Morgan fingerprint density at radius 2 is 1.27 bits per heavy atom. The van der Waals surface area contributed by atoms with E-state index in [9.17, 15) is 0 Å². The van der Waals surface area contributed by atoms with Crippen molar-refractivity contribution in [3.63, 3.8) is 0 Å². The number of nitrogens with zero attached hydrogens (tertiary/aromatic N) is 2. The fourth-order valence-electron chi connectivity index (χ4n) is 4.79. The van der Waals surface area contributed by atoms with Crippen molar-refractivity contribution >= 4 is 58.7 Å². The van der Waals surface area contributed by atoms with E-state index in [2.05, 4.69) is 112 Å². The molecule has 52 heavy (non-hydrogen) atoms. The van der Waals surface area contributed by atoms with Crippen LogP contribution in [0.3, 0.4) is 0 Å². The van der Waals surface area contributed by atoms with Gasteiger partial charge in [-0.25, -0.2) is 4.99 Å². The summed E-state index contributed by atoms with van der Waals surface area (Å²) in [5.41, 5.74) is 9.13. The van der Waals surface area contributed by atoms with Crippen LogP contribution in [-0.2, 0) is 0 Å². The molecule has 0 aliphatic carbocycles. The SMILES string of the molecule is C=Cc1ccc(/C=C\C(=N)C(=C)/C=C\C(=C)C(=C)/C=C\C(=C)C(=N)N=C(/C=C/c2ccc3ccccc3c2)C\C=C/C(C)=C(C)/C=C\C)cc1N=C. The second-order valence-corrected chi connectivity index (χ2v) is 12.1. The van der Waals surface area contributed by atoms with Gasteiger partial charge in [0.25, 0.3) is 0 Å².